The van der Waals surface area contributed by atoms with E-state index in [9.17, 15) is 0 Å². The van der Waals surface area contributed by atoms with Crippen molar-refractivity contribution in [3.05, 3.63) is 262 Å². The van der Waals surface area contributed by atoms with Gasteiger partial charge in [0.25, 0.3) is 0 Å². The lowest BCUT2D eigenvalue weighted by atomic mass is 9.67. The van der Waals surface area contributed by atoms with Crippen LogP contribution in [-0.4, -0.2) is 9.82 Å². The third-order valence-electron chi connectivity index (χ3n) is 14.2. The Morgan fingerprint density at radius 1 is 0.597 bits per heavy atom. The van der Waals surface area contributed by atoms with Gasteiger partial charge in [0.2, 0.25) is 0 Å². The average molecular weight is 810 g/mol. The van der Waals surface area contributed by atoms with E-state index in [4.69, 9.17) is 0 Å². The monoisotopic (exact) mass is 809 g/mol. The van der Waals surface area contributed by atoms with Gasteiger partial charge in [0.15, 0.2) is 0 Å². The van der Waals surface area contributed by atoms with Gasteiger partial charge in [-0.15, -0.1) is 11.8 Å². The fourth-order valence-electron chi connectivity index (χ4n) is 11.6. The van der Waals surface area contributed by atoms with Crippen molar-refractivity contribution in [3.8, 4) is 11.1 Å². The highest BCUT2D eigenvalue weighted by atomic mass is 32.2. The van der Waals surface area contributed by atoms with Crippen molar-refractivity contribution < 1.29 is 0 Å². The summed E-state index contributed by atoms with van der Waals surface area (Å²) in [6.45, 7) is 0. The average Bonchev–Trinajstić information content (AvgIpc) is 3.94. The Morgan fingerprint density at radius 2 is 1.34 bits per heavy atom. The van der Waals surface area contributed by atoms with Crippen LogP contribution in [0.4, 0.5) is 0 Å². The summed E-state index contributed by atoms with van der Waals surface area (Å²) in [5.74, 6) is 0.292. The fraction of sp³-hybridized carbons (Fsp3) is 0.100. The molecule has 0 amide bonds. The molecule has 4 aliphatic carbocycles. The Kier molecular flexibility index (Phi) is 8.15. The van der Waals surface area contributed by atoms with Crippen LogP contribution in [0.15, 0.2) is 223 Å². The number of hydrogen-bond donors (Lipinski definition) is 0. The van der Waals surface area contributed by atoms with E-state index in [1.165, 1.54) is 104 Å². The molecule has 2 unspecified atom stereocenters. The minimum Gasteiger partial charge on any atom is -0.313 e. The smallest absolute Gasteiger partial charge is 0.0713 e. The molecule has 8 aromatic rings. The first kappa shape index (κ1) is 35.8. The maximum absolute atomic E-state index is 2.49. The largest absolute Gasteiger partial charge is 0.313 e. The number of para-hydroxylation sites is 1. The Morgan fingerprint density at radius 3 is 2.16 bits per heavy atom. The lowest BCUT2D eigenvalue weighted by molar-refractivity contribution is 0.765. The molecule has 62 heavy (non-hydrogen) atoms. The third kappa shape index (κ3) is 5.11. The van der Waals surface area contributed by atoms with Crippen LogP contribution in [0.3, 0.4) is 0 Å². The second-order valence-electron chi connectivity index (χ2n) is 17.3. The van der Waals surface area contributed by atoms with E-state index in [2.05, 4.69) is 229 Å². The molecule has 7 aromatic carbocycles. The maximum atomic E-state index is 2.49. The van der Waals surface area contributed by atoms with Gasteiger partial charge >= 0.3 is 0 Å². The quantitative estimate of drug-likeness (QED) is 0.168. The van der Waals surface area contributed by atoms with Crippen LogP contribution in [0.25, 0.3) is 49.8 Å². The van der Waals surface area contributed by atoms with E-state index in [1.54, 1.807) is 0 Å². The van der Waals surface area contributed by atoms with Gasteiger partial charge in [-0.25, -0.2) is 0 Å². The van der Waals surface area contributed by atoms with Crippen molar-refractivity contribution in [3.63, 3.8) is 0 Å². The predicted molar refractivity (Wildman–Crippen MR) is 261 cm³/mol. The van der Waals surface area contributed by atoms with Crippen molar-refractivity contribution in [1.29, 1.82) is 0 Å². The second kappa shape index (κ2) is 14.1. The zero-order chi connectivity index (χ0) is 40.8. The molecule has 2 heterocycles. The summed E-state index contributed by atoms with van der Waals surface area (Å²) in [6, 6.07) is 61.7. The van der Waals surface area contributed by atoms with Gasteiger partial charge < -0.3 is 4.57 Å². The van der Waals surface area contributed by atoms with E-state index in [-0.39, 0.29) is 5.25 Å². The minimum atomic E-state index is -0.402. The number of fused-ring (bicyclic) bond motifs is 11. The molecule has 5 aliphatic rings. The standard InChI is InChI=1S/C60H43NS/c1-4-18-40(19-5-1)60(41-20-6-2-7-21-41)53-32-14-12-27-51(53)57-54(60)36-35-50-49-31-17-30-48(58(49)62-59(50)57)46-29-16-28-43(44-24-10-11-25-45(44)46)39-34-37-56-52(38-39)47-26-13-15-33-55(47)61(56)42-22-8-3-9-23-42/h1-8,10-22,24-28,30-38,49,58H,9,23,29H2. The SMILES string of the molecule is C1=CCCC(n2c3ccccc3c3cc(C4=c5ccccc5=C(C5=CC=CC6c7ccc8c(c7SC56)-c5ccccc5C8(c5ccccc5)c5ccccc5)CC=C4)ccc32)=C1. The topological polar surface area (TPSA) is 4.93 Å². The normalized spacial score (nSPS) is 19.1. The van der Waals surface area contributed by atoms with Crippen molar-refractivity contribution in [2.45, 2.75) is 40.7 Å². The first-order valence-electron chi connectivity index (χ1n) is 22.1. The van der Waals surface area contributed by atoms with Gasteiger partial charge in [0, 0.05) is 38.1 Å². The van der Waals surface area contributed by atoms with Gasteiger partial charge in [-0.2, -0.15) is 0 Å². The van der Waals surface area contributed by atoms with Crippen LogP contribution in [0.5, 0.6) is 0 Å². The molecule has 0 N–H and O–H groups in total. The van der Waals surface area contributed by atoms with Crippen LogP contribution in [0.1, 0.15) is 58.6 Å². The summed E-state index contributed by atoms with van der Waals surface area (Å²) in [5, 5.41) is 5.54. The summed E-state index contributed by atoms with van der Waals surface area (Å²) in [6.07, 6.45) is 21.8. The molecule has 0 saturated carbocycles. The molecule has 0 fully saturated rings. The number of thioether (sulfide) groups is 1. The molecule has 0 saturated heterocycles. The van der Waals surface area contributed by atoms with Gasteiger partial charge in [-0.1, -0.05) is 188 Å². The summed E-state index contributed by atoms with van der Waals surface area (Å²) < 4.78 is 2.49. The van der Waals surface area contributed by atoms with Crippen LogP contribution >= 0.6 is 11.8 Å². The second-order valence-corrected chi connectivity index (χ2v) is 18.4. The molecule has 0 spiro atoms. The Bertz CT molecular complexity index is 3420. The Balaban J connectivity index is 0.964. The minimum absolute atomic E-state index is 0.279. The first-order chi connectivity index (χ1) is 30.8. The Labute approximate surface area is 366 Å². The van der Waals surface area contributed by atoms with Crippen LogP contribution in [-0.2, 0) is 5.41 Å². The van der Waals surface area contributed by atoms with Gasteiger partial charge in [0.1, 0.15) is 0 Å². The van der Waals surface area contributed by atoms with Gasteiger partial charge in [0.05, 0.1) is 16.4 Å². The summed E-state index contributed by atoms with van der Waals surface area (Å²) in [7, 11) is 0. The molecule has 2 atom stereocenters. The highest BCUT2D eigenvalue weighted by Crippen LogP contribution is 2.63. The third-order valence-corrected chi connectivity index (χ3v) is 15.7. The molecule has 2 heteroatoms. The predicted octanol–water partition coefficient (Wildman–Crippen LogP) is 13.4. The lowest BCUT2D eigenvalue weighted by Crippen LogP contribution is -2.30. The van der Waals surface area contributed by atoms with E-state index >= 15 is 0 Å². The summed E-state index contributed by atoms with van der Waals surface area (Å²) in [5.41, 5.74) is 18.5. The highest BCUT2D eigenvalue weighted by Gasteiger charge is 2.49. The highest BCUT2D eigenvalue weighted by molar-refractivity contribution is 8.00. The van der Waals surface area contributed by atoms with Gasteiger partial charge in [-0.05, 0) is 110 Å². The van der Waals surface area contributed by atoms with Crippen molar-refractivity contribution in [2.75, 3.05) is 0 Å². The molecule has 13 rings (SSSR count). The zero-order valence-corrected chi connectivity index (χ0v) is 35.2. The van der Waals surface area contributed by atoms with E-state index in [1.807, 2.05) is 0 Å². The molecule has 1 nitrogen and oxygen atoms in total. The van der Waals surface area contributed by atoms with Crippen LogP contribution < -0.4 is 10.4 Å². The molecular weight excluding hydrogens is 767 g/mol. The Hall–Kier alpha value is -6.87. The molecule has 0 bridgehead atoms. The van der Waals surface area contributed by atoms with Crippen molar-refractivity contribution in [1.82, 2.24) is 4.57 Å². The van der Waals surface area contributed by atoms with E-state index in [0.29, 0.717) is 5.92 Å². The molecular formula is C60H43NS. The molecule has 1 aliphatic heterocycles. The zero-order valence-electron chi connectivity index (χ0n) is 34.3. The fourth-order valence-corrected chi connectivity index (χ4v) is 13.3. The number of hydrogen-bond acceptors (Lipinski definition) is 1. The van der Waals surface area contributed by atoms with E-state index < -0.39 is 5.41 Å². The van der Waals surface area contributed by atoms with Crippen molar-refractivity contribution >= 4 is 50.4 Å². The first-order valence-corrected chi connectivity index (χ1v) is 23.0. The number of nitrogens with zero attached hydrogens (tertiary/aromatic N) is 1. The number of allylic oxidation sites excluding steroid dienone is 9. The number of rotatable bonds is 5. The molecule has 1 aromatic heterocycles. The van der Waals surface area contributed by atoms with Gasteiger partial charge in [-0.3, -0.25) is 0 Å². The summed E-state index contributed by atoms with van der Waals surface area (Å²) >= 11 is 2.09. The van der Waals surface area contributed by atoms with E-state index in [0.717, 1.165) is 19.3 Å². The lowest BCUT2D eigenvalue weighted by Gasteiger charge is -2.34. The number of benzene rings is 7. The van der Waals surface area contributed by atoms with Crippen LogP contribution in [0, 0.1) is 0 Å². The summed E-state index contributed by atoms with van der Waals surface area (Å²) in [4.78, 5) is 1.44. The van der Waals surface area contributed by atoms with Crippen LogP contribution in [0.2, 0.25) is 0 Å². The molecule has 0 radical (unpaired) electrons. The maximum Gasteiger partial charge on any atom is 0.0713 e. The molecule has 294 valence electrons. The van der Waals surface area contributed by atoms with Crippen molar-refractivity contribution in [2.24, 2.45) is 0 Å². The number of aromatic nitrogens is 1.